The number of hydrogen-bond acceptors (Lipinski definition) is 3. The number of amides is 2. The van der Waals surface area contributed by atoms with Crippen LogP contribution in [0, 0.1) is 5.82 Å². The minimum Gasteiger partial charge on any atom is -0.482 e. The summed E-state index contributed by atoms with van der Waals surface area (Å²) in [4.78, 5) is 25.3. The topological polar surface area (TPSA) is 58.6 Å². The number of halogens is 1. The summed E-state index contributed by atoms with van der Waals surface area (Å²) in [6.07, 6.45) is 0.191. The number of hydrogen-bond donors (Lipinski definition) is 1. The molecule has 0 saturated carbocycles. The molecule has 0 atom stereocenters. The molecule has 0 saturated heterocycles. The zero-order valence-corrected chi connectivity index (χ0v) is 13.2. The first kappa shape index (κ1) is 16.0. The molecule has 1 aliphatic heterocycles. The maximum absolute atomic E-state index is 12.8. The molecule has 0 aromatic heterocycles. The quantitative estimate of drug-likeness (QED) is 0.934. The van der Waals surface area contributed by atoms with E-state index in [1.807, 2.05) is 0 Å². The van der Waals surface area contributed by atoms with Gasteiger partial charge in [-0.05, 0) is 35.4 Å². The molecule has 0 unspecified atom stereocenters. The van der Waals surface area contributed by atoms with Crippen molar-refractivity contribution in [1.29, 1.82) is 0 Å². The molecule has 0 radical (unpaired) electrons. The van der Waals surface area contributed by atoms with Crippen molar-refractivity contribution in [1.82, 2.24) is 5.32 Å². The van der Waals surface area contributed by atoms with Gasteiger partial charge in [-0.3, -0.25) is 9.59 Å². The molecule has 5 nitrogen and oxygen atoms in total. The second-order valence-electron chi connectivity index (χ2n) is 5.62. The van der Waals surface area contributed by atoms with E-state index < -0.39 is 0 Å². The lowest BCUT2D eigenvalue weighted by molar-refractivity contribution is -0.121. The Morgan fingerprint density at radius 1 is 1.21 bits per heavy atom. The highest BCUT2D eigenvalue weighted by molar-refractivity contribution is 5.97. The highest BCUT2D eigenvalue weighted by atomic mass is 19.1. The van der Waals surface area contributed by atoms with E-state index in [9.17, 15) is 14.0 Å². The molecule has 24 heavy (non-hydrogen) atoms. The molecule has 2 amide bonds. The van der Waals surface area contributed by atoms with Crippen LogP contribution in [0.15, 0.2) is 42.5 Å². The third kappa shape index (κ3) is 3.53. The third-order valence-corrected chi connectivity index (χ3v) is 3.88. The predicted molar refractivity (Wildman–Crippen MR) is 87.3 cm³/mol. The van der Waals surface area contributed by atoms with E-state index in [2.05, 4.69) is 5.32 Å². The Hall–Kier alpha value is -2.89. The van der Waals surface area contributed by atoms with E-state index in [4.69, 9.17) is 4.74 Å². The number of rotatable bonds is 4. The Balaban J connectivity index is 1.62. The summed E-state index contributed by atoms with van der Waals surface area (Å²) in [5.41, 5.74) is 2.28. The molecule has 2 aromatic rings. The zero-order valence-electron chi connectivity index (χ0n) is 13.2. The van der Waals surface area contributed by atoms with Crippen LogP contribution in [0.25, 0.3) is 0 Å². The molecular formula is C18H17FN2O3. The van der Waals surface area contributed by atoms with Crippen LogP contribution in [0.2, 0.25) is 0 Å². The van der Waals surface area contributed by atoms with Gasteiger partial charge in [-0.25, -0.2) is 4.39 Å². The van der Waals surface area contributed by atoms with Gasteiger partial charge in [-0.2, -0.15) is 0 Å². The van der Waals surface area contributed by atoms with E-state index in [1.165, 1.54) is 17.0 Å². The van der Waals surface area contributed by atoms with Crippen molar-refractivity contribution < 1.29 is 18.7 Å². The van der Waals surface area contributed by atoms with Crippen LogP contribution < -0.4 is 15.0 Å². The van der Waals surface area contributed by atoms with E-state index >= 15 is 0 Å². The number of benzene rings is 2. The van der Waals surface area contributed by atoms with Crippen molar-refractivity contribution in [2.24, 2.45) is 0 Å². The molecule has 0 aliphatic carbocycles. The first-order valence-corrected chi connectivity index (χ1v) is 7.56. The van der Waals surface area contributed by atoms with Crippen LogP contribution in [0.5, 0.6) is 5.75 Å². The van der Waals surface area contributed by atoms with Crippen molar-refractivity contribution in [3.63, 3.8) is 0 Å². The lowest BCUT2D eigenvalue weighted by Gasteiger charge is -2.26. The maximum atomic E-state index is 12.8. The van der Waals surface area contributed by atoms with Crippen molar-refractivity contribution in [2.75, 3.05) is 18.6 Å². The normalized spacial score (nSPS) is 13.2. The standard InChI is InChI=1S/C18H17FN2O3/c1-21-15-8-13(4-7-16(15)24-11-18(21)23)9-17(22)20-10-12-2-5-14(19)6-3-12/h2-8H,9-11H2,1H3,(H,20,22). The van der Waals surface area contributed by atoms with Crippen LogP contribution in [0.1, 0.15) is 11.1 Å². The minimum absolute atomic E-state index is 0.0288. The van der Waals surface area contributed by atoms with Gasteiger partial charge in [0.2, 0.25) is 5.91 Å². The molecule has 0 spiro atoms. The van der Waals surface area contributed by atoms with Gasteiger partial charge in [0.25, 0.3) is 5.91 Å². The Morgan fingerprint density at radius 2 is 1.92 bits per heavy atom. The van der Waals surface area contributed by atoms with E-state index in [0.29, 0.717) is 18.0 Å². The van der Waals surface area contributed by atoms with Gasteiger partial charge in [0.15, 0.2) is 6.61 Å². The van der Waals surface area contributed by atoms with Crippen LogP contribution in [0.4, 0.5) is 10.1 Å². The van der Waals surface area contributed by atoms with Gasteiger partial charge < -0.3 is 15.0 Å². The maximum Gasteiger partial charge on any atom is 0.264 e. The number of nitrogens with zero attached hydrogens (tertiary/aromatic N) is 1. The Labute approximate surface area is 139 Å². The number of likely N-dealkylation sites (N-methyl/N-ethyl adjacent to an activating group) is 1. The summed E-state index contributed by atoms with van der Waals surface area (Å²) in [7, 11) is 1.68. The van der Waals surface area contributed by atoms with E-state index in [-0.39, 0.29) is 30.7 Å². The lowest BCUT2D eigenvalue weighted by atomic mass is 10.1. The number of fused-ring (bicyclic) bond motifs is 1. The number of anilines is 1. The van der Waals surface area contributed by atoms with Crippen LogP contribution in [-0.2, 0) is 22.6 Å². The molecule has 1 N–H and O–H groups in total. The predicted octanol–water partition coefficient (Wildman–Crippen LogP) is 2.04. The summed E-state index contributed by atoms with van der Waals surface area (Å²) in [5, 5.41) is 2.79. The molecule has 124 valence electrons. The molecule has 0 fully saturated rings. The SMILES string of the molecule is CN1C(=O)COc2ccc(CC(=O)NCc3ccc(F)cc3)cc21. The third-order valence-electron chi connectivity index (χ3n) is 3.88. The molecule has 0 bridgehead atoms. The average molecular weight is 328 g/mol. The first-order valence-electron chi connectivity index (χ1n) is 7.56. The number of ether oxygens (including phenoxy) is 1. The Morgan fingerprint density at radius 3 is 2.67 bits per heavy atom. The summed E-state index contributed by atoms with van der Waals surface area (Å²) >= 11 is 0. The average Bonchev–Trinajstić information content (AvgIpc) is 2.58. The number of carbonyl (C=O) groups is 2. The lowest BCUT2D eigenvalue weighted by Crippen LogP contribution is -2.35. The van der Waals surface area contributed by atoms with Crippen LogP contribution in [0.3, 0.4) is 0 Å². The first-order chi connectivity index (χ1) is 11.5. The second-order valence-corrected chi connectivity index (χ2v) is 5.62. The molecule has 6 heteroatoms. The molecular weight excluding hydrogens is 311 g/mol. The monoisotopic (exact) mass is 328 g/mol. The highest BCUT2D eigenvalue weighted by Gasteiger charge is 2.22. The van der Waals surface area contributed by atoms with Gasteiger partial charge in [-0.1, -0.05) is 18.2 Å². The molecule has 1 heterocycles. The zero-order chi connectivity index (χ0) is 17.1. The van der Waals surface area contributed by atoms with Crippen molar-refractivity contribution in [3.8, 4) is 5.75 Å². The second kappa shape index (κ2) is 6.70. The van der Waals surface area contributed by atoms with Crippen molar-refractivity contribution in [2.45, 2.75) is 13.0 Å². The Kier molecular flexibility index (Phi) is 4.46. The smallest absolute Gasteiger partial charge is 0.264 e. The fraction of sp³-hybridized carbons (Fsp3) is 0.222. The van der Waals surface area contributed by atoms with Crippen molar-refractivity contribution in [3.05, 3.63) is 59.4 Å². The number of carbonyl (C=O) groups excluding carboxylic acids is 2. The summed E-state index contributed by atoms with van der Waals surface area (Å²) in [6, 6.07) is 11.3. The molecule has 2 aromatic carbocycles. The van der Waals surface area contributed by atoms with E-state index in [0.717, 1.165) is 11.1 Å². The van der Waals surface area contributed by atoms with Gasteiger partial charge in [-0.15, -0.1) is 0 Å². The van der Waals surface area contributed by atoms with Gasteiger partial charge in [0.1, 0.15) is 11.6 Å². The minimum atomic E-state index is -0.306. The van der Waals surface area contributed by atoms with Crippen LogP contribution in [-0.4, -0.2) is 25.5 Å². The summed E-state index contributed by atoms with van der Waals surface area (Å²) in [6.45, 7) is 0.368. The van der Waals surface area contributed by atoms with Gasteiger partial charge in [0, 0.05) is 13.6 Å². The molecule has 3 rings (SSSR count). The highest BCUT2D eigenvalue weighted by Crippen LogP contribution is 2.32. The van der Waals surface area contributed by atoms with E-state index in [1.54, 1.807) is 37.4 Å². The van der Waals surface area contributed by atoms with Gasteiger partial charge in [0.05, 0.1) is 12.1 Å². The molecule has 1 aliphatic rings. The summed E-state index contributed by atoms with van der Waals surface area (Å²) < 4.78 is 18.2. The largest absolute Gasteiger partial charge is 0.482 e. The van der Waals surface area contributed by atoms with Gasteiger partial charge >= 0.3 is 0 Å². The fourth-order valence-corrected chi connectivity index (χ4v) is 2.48. The Bertz CT molecular complexity index is 774. The number of nitrogens with one attached hydrogen (secondary N) is 1. The summed E-state index contributed by atoms with van der Waals surface area (Å²) in [5.74, 6) is 0.0537. The van der Waals surface area contributed by atoms with Crippen LogP contribution >= 0.6 is 0 Å². The fourth-order valence-electron chi connectivity index (χ4n) is 2.48. The van der Waals surface area contributed by atoms with Crippen molar-refractivity contribution >= 4 is 17.5 Å².